The van der Waals surface area contributed by atoms with Gasteiger partial charge in [0.1, 0.15) is 5.92 Å². The fourth-order valence-corrected chi connectivity index (χ4v) is 1.14. The first-order chi connectivity index (χ1) is 7.11. The Hall–Kier alpha value is -1.08. The van der Waals surface area contributed by atoms with Crippen LogP contribution < -0.4 is 5.32 Å². The molecule has 1 N–H and O–H groups in total. The Labute approximate surface area is 91.6 Å². The summed E-state index contributed by atoms with van der Waals surface area (Å²) in [6.07, 6.45) is 1.63. The van der Waals surface area contributed by atoms with Gasteiger partial charge < -0.3 is 10.1 Å². The van der Waals surface area contributed by atoms with Gasteiger partial charge in [-0.05, 0) is 20.3 Å². The highest BCUT2D eigenvalue weighted by molar-refractivity contribution is 5.80. The number of nitriles is 1. The van der Waals surface area contributed by atoms with E-state index in [0.29, 0.717) is 19.6 Å². The van der Waals surface area contributed by atoms with Crippen molar-refractivity contribution in [1.82, 2.24) is 5.32 Å². The average molecular weight is 212 g/mol. The van der Waals surface area contributed by atoms with Crippen LogP contribution in [0.25, 0.3) is 0 Å². The molecule has 4 heteroatoms. The molecular weight excluding hydrogens is 192 g/mol. The maximum absolute atomic E-state index is 11.4. The van der Waals surface area contributed by atoms with E-state index >= 15 is 0 Å². The van der Waals surface area contributed by atoms with Crippen LogP contribution in [-0.2, 0) is 9.53 Å². The molecule has 0 aliphatic rings. The summed E-state index contributed by atoms with van der Waals surface area (Å²) in [4.78, 5) is 11.4. The molecule has 0 bridgehead atoms. The Balaban J connectivity index is 3.68. The van der Waals surface area contributed by atoms with Crippen LogP contribution >= 0.6 is 0 Å². The highest BCUT2D eigenvalue weighted by Crippen LogP contribution is 2.04. The minimum absolute atomic E-state index is 0.171. The predicted octanol–water partition coefficient (Wildman–Crippen LogP) is 1.47. The topological polar surface area (TPSA) is 62.1 Å². The Bertz CT molecular complexity index is 221. The van der Waals surface area contributed by atoms with Crippen molar-refractivity contribution in [2.45, 2.75) is 39.7 Å². The Morgan fingerprint density at radius 2 is 2.20 bits per heavy atom. The number of amides is 1. The quantitative estimate of drug-likeness (QED) is 0.650. The number of hydrogen-bond acceptors (Lipinski definition) is 3. The summed E-state index contributed by atoms with van der Waals surface area (Å²) in [5.74, 6) is -0.708. The van der Waals surface area contributed by atoms with E-state index in [0.717, 1.165) is 6.42 Å². The first-order valence-corrected chi connectivity index (χ1v) is 5.40. The summed E-state index contributed by atoms with van der Waals surface area (Å²) in [5, 5.41) is 11.4. The Kier molecular flexibility index (Phi) is 7.65. The van der Waals surface area contributed by atoms with E-state index in [1.807, 2.05) is 26.8 Å². The van der Waals surface area contributed by atoms with Gasteiger partial charge in [-0.25, -0.2) is 0 Å². The molecule has 0 aromatic carbocycles. The van der Waals surface area contributed by atoms with Gasteiger partial charge in [0, 0.05) is 6.54 Å². The van der Waals surface area contributed by atoms with Crippen LogP contribution in [0.2, 0.25) is 0 Å². The average Bonchev–Trinajstić information content (AvgIpc) is 2.20. The molecule has 0 heterocycles. The molecule has 0 fully saturated rings. The maximum atomic E-state index is 11.4. The summed E-state index contributed by atoms with van der Waals surface area (Å²) in [6.45, 7) is 6.81. The van der Waals surface area contributed by atoms with Gasteiger partial charge in [-0.1, -0.05) is 13.3 Å². The number of nitrogens with one attached hydrogen (secondary N) is 1. The first-order valence-electron chi connectivity index (χ1n) is 5.40. The number of rotatable bonds is 7. The third kappa shape index (κ3) is 6.92. The van der Waals surface area contributed by atoms with Gasteiger partial charge in [0.15, 0.2) is 0 Å². The molecule has 4 nitrogen and oxygen atoms in total. The molecule has 0 aliphatic carbocycles. The molecule has 0 radical (unpaired) electrons. The van der Waals surface area contributed by atoms with Gasteiger partial charge in [-0.2, -0.15) is 5.26 Å². The van der Waals surface area contributed by atoms with Crippen molar-refractivity contribution < 1.29 is 9.53 Å². The normalized spacial score (nSPS) is 12.2. The van der Waals surface area contributed by atoms with Gasteiger partial charge in [-0.15, -0.1) is 0 Å². The van der Waals surface area contributed by atoms with Crippen LogP contribution in [0.5, 0.6) is 0 Å². The second-order valence-electron chi connectivity index (χ2n) is 3.68. The second kappa shape index (κ2) is 8.25. The monoisotopic (exact) mass is 212 g/mol. The zero-order valence-corrected chi connectivity index (χ0v) is 9.75. The lowest BCUT2D eigenvalue weighted by molar-refractivity contribution is -0.123. The van der Waals surface area contributed by atoms with Crippen LogP contribution in [0, 0.1) is 17.2 Å². The molecule has 0 spiro atoms. The zero-order valence-electron chi connectivity index (χ0n) is 9.75. The summed E-state index contributed by atoms with van der Waals surface area (Å²) in [6, 6.07) is 2.00. The van der Waals surface area contributed by atoms with E-state index < -0.39 is 5.92 Å². The van der Waals surface area contributed by atoms with Crippen LogP contribution in [-0.4, -0.2) is 25.2 Å². The van der Waals surface area contributed by atoms with E-state index in [9.17, 15) is 4.79 Å². The number of ether oxygens (including phenoxy) is 1. The molecule has 0 rings (SSSR count). The molecule has 0 aliphatic heterocycles. The van der Waals surface area contributed by atoms with Crippen LogP contribution in [0.3, 0.4) is 0 Å². The summed E-state index contributed by atoms with van der Waals surface area (Å²) >= 11 is 0. The minimum Gasteiger partial charge on any atom is -0.377 e. The van der Waals surface area contributed by atoms with Crippen molar-refractivity contribution in [3.8, 4) is 6.07 Å². The fourth-order valence-electron chi connectivity index (χ4n) is 1.14. The number of carbonyl (C=O) groups excluding carboxylic acids is 1. The summed E-state index contributed by atoms with van der Waals surface area (Å²) < 4.78 is 5.27. The smallest absolute Gasteiger partial charge is 0.237 e. The summed E-state index contributed by atoms with van der Waals surface area (Å²) in [5.41, 5.74) is 0. The largest absolute Gasteiger partial charge is 0.377 e. The lowest BCUT2D eigenvalue weighted by atomic mass is 10.1. The van der Waals surface area contributed by atoms with Crippen LogP contribution in [0.4, 0.5) is 0 Å². The fraction of sp³-hybridized carbons (Fsp3) is 0.818. The number of carbonyl (C=O) groups is 1. The zero-order chi connectivity index (χ0) is 11.7. The van der Waals surface area contributed by atoms with Gasteiger partial charge in [0.25, 0.3) is 0 Å². The SMILES string of the molecule is CCCC(C#N)C(=O)NCCOC(C)C. The number of hydrogen-bond donors (Lipinski definition) is 1. The molecule has 0 saturated heterocycles. The van der Waals surface area contributed by atoms with E-state index in [4.69, 9.17) is 10.00 Å². The van der Waals surface area contributed by atoms with Crippen LogP contribution in [0.1, 0.15) is 33.6 Å². The molecule has 0 aromatic heterocycles. The van der Waals surface area contributed by atoms with E-state index in [-0.39, 0.29) is 12.0 Å². The van der Waals surface area contributed by atoms with Crippen LogP contribution in [0.15, 0.2) is 0 Å². The molecule has 15 heavy (non-hydrogen) atoms. The molecular formula is C11H20N2O2. The van der Waals surface area contributed by atoms with Gasteiger partial charge >= 0.3 is 0 Å². The van der Waals surface area contributed by atoms with E-state index in [2.05, 4.69) is 5.32 Å². The minimum atomic E-state index is -0.519. The van der Waals surface area contributed by atoms with Crippen molar-refractivity contribution in [2.24, 2.45) is 5.92 Å². The molecule has 1 unspecified atom stereocenters. The Morgan fingerprint density at radius 1 is 1.53 bits per heavy atom. The Morgan fingerprint density at radius 3 is 2.67 bits per heavy atom. The molecule has 0 aromatic rings. The van der Waals surface area contributed by atoms with E-state index in [1.54, 1.807) is 0 Å². The highest BCUT2D eigenvalue weighted by atomic mass is 16.5. The highest BCUT2D eigenvalue weighted by Gasteiger charge is 2.15. The van der Waals surface area contributed by atoms with Gasteiger partial charge in [0.05, 0.1) is 18.8 Å². The lowest BCUT2D eigenvalue weighted by Gasteiger charge is -2.10. The van der Waals surface area contributed by atoms with Crippen molar-refractivity contribution >= 4 is 5.91 Å². The number of nitrogens with zero attached hydrogens (tertiary/aromatic N) is 1. The third-order valence-electron chi connectivity index (χ3n) is 1.90. The maximum Gasteiger partial charge on any atom is 0.237 e. The molecule has 86 valence electrons. The standard InChI is InChI=1S/C11H20N2O2/c1-4-5-10(8-12)11(14)13-6-7-15-9(2)3/h9-10H,4-7H2,1-3H3,(H,13,14). The van der Waals surface area contributed by atoms with E-state index in [1.165, 1.54) is 0 Å². The lowest BCUT2D eigenvalue weighted by Crippen LogP contribution is -2.33. The van der Waals surface area contributed by atoms with Crippen molar-refractivity contribution in [1.29, 1.82) is 5.26 Å². The molecule has 1 amide bonds. The second-order valence-corrected chi connectivity index (χ2v) is 3.68. The third-order valence-corrected chi connectivity index (χ3v) is 1.90. The first kappa shape index (κ1) is 13.9. The summed E-state index contributed by atoms with van der Waals surface area (Å²) in [7, 11) is 0. The van der Waals surface area contributed by atoms with Crippen molar-refractivity contribution in [2.75, 3.05) is 13.2 Å². The van der Waals surface area contributed by atoms with Crippen molar-refractivity contribution in [3.63, 3.8) is 0 Å². The molecule has 1 atom stereocenters. The van der Waals surface area contributed by atoms with Gasteiger partial charge in [0.2, 0.25) is 5.91 Å². The van der Waals surface area contributed by atoms with Crippen molar-refractivity contribution in [3.05, 3.63) is 0 Å². The molecule has 0 saturated carbocycles. The predicted molar refractivity (Wildman–Crippen MR) is 58.1 cm³/mol. The van der Waals surface area contributed by atoms with Gasteiger partial charge in [-0.3, -0.25) is 4.79 Å².